The predicted octanol–water partition coefficient (Wildman–Crippen LogP) is 3.29. The minimum atomic E-state index is -0.689. The van der Waals surface area contributed by atoms with Crippen molar-refractivity contribution >= 4 is 15.9 Å². The van der Waals surface area contributed by atoms with Crippen molar-refractivity contribution in [2.75, 3.05) is 6.61 Å². The minimum Gasteiger partial charge on any atom is -0.384 e. The lowest BCUT2D eigenvalue weighted by Crippen LogP contribution is -2.37. The van der Waals surface area contributed by atoms with Crippen LogP contribution in [0.25, 0.3) is 0 Å². The third-order valence-corrected chi connectivity index (χ3v) is 3.89. The maximum absolute atomic E-state index is 10.6. The summed E-state index contributed by atoms with van der Waals surface area (Å²) in [7, 11) is 0. The van der Waals surface area contributed by atoms with Gasteiger partial charge in [0.2, 0.25) is 0 Å². The molecule has 0 aliphatic heterocycles. The first-order chi connectivity index (χ1) is 8.50. The fourth-order valence-corrected chi connectivity index (χ4v) is 2.54. The lowest BCUT2D eigenvalue weighted by Gasteiger charge is -2.33. The van der Waals surface area contributed by atoms with E-state index in [1.54, 1.807) is 6.20 Å². The van der Waals surface area contributed by atoms with Crippen LogP contribution in [0.15, 0.2) is 10.7 Å². The zero-order valence-corrected chi connectivity index (χ0v) is 13.2. The molecule has 18 heavy (non-hydrogen) atoms. The van der Waals surface area contributed by atoms with Crippen LogP contribution in [0.3, 0.4) is 0 Å². The Morgan fingerprint density at radius 1 is 1.50 bits per heavy atom. The first-order valence-corrected chi connectivity index (χ1v) is 7.32. The molecule has 0 aliphatic rings. The fourth-order valence-electron chi connectivity index (χ4n) is 2.03. The molecule has 1 aromatic rings. The van der Waals surface area contributed by atoms with Gasteiger partial charge in [-0.3, -0.25) is 4.68 Å². The van der Waals surface area contributed by atoms with Gasteiger partial charge in [0.1, 0.15) is 6.10 Å². The second-order valence-corrected chi connectivity index (χ2v) is 5.46. The van der Waals surface area contributed by atoms with E-state index in [-0.39, 0.29) is 0 Å². The van der Waals surface area contributed by atoms with Crippen LogP contribution in [-0.4, -0.2) is 27.1 Å². The summed E-state index contributed by atoms with van der Waals surface area (Å²) in [5.74, 6) is 0. The summed E-state index contributed by atoms with van der Waals surface area (Å²) >= 11 is 3.46. The van der Waals surface area contributed by atoms with Gasteiger partial charge in [-0.1, -0.05) is 13.8 Å². The number of aryl methyl sites for hydroxylation is 1. The van der Waals surface area contributed by atoms with Crippen LogP contribution in [0.2, 0.25) is 0 Å². The Bertz CT molecular complexity index is 381. The molecule has 0 radical (unpaired) electrons. The number of nitrogens with zero attached hydrogens (tertiary/aromatic N) is 2. The van der Waals surface area contributed by atoms with E-state index in [1.165, 1.54) is 0 Å². The number of aliphatic hydroxyl groups excluding tert-OH is 1. The topological polar surface area (TPSA) is 47.3 Å². The monoisotopic (exact) mass is 318 g/mol. The molecular formula is C13H23BrN2O2. The SMILES string of the molecule is CCCn1ncc(Br)c1C(O)C(C)(CC)OCC. The van der Waals surface area contributed by atoms with E-state index in [4.69, 9.17) is 4.74 Å². The summed E-state index contributed by atoms with van der Waals surface area (Å²) in [6.07, 6.45) is 2.76. The van der Waals surface area contributed by atoms with Crippen molar-refractivity contribution in [1.82, 2.24) is 9.78 Å². The van der Waals surface area contributed by atoms with Crippen molar-refractivity contribution in [3.63, 3.8) is 0 Å². The van der Waals surface area contributed by atoms with Crippen LogP contribution < -0.4 is 0 Å². The molecule has 0 saturated carbocycles. The maximum Gasteiger partial charge on any atom is 0.125 e. The maximum atomic E-state index is 10.6. The number of aromatic nitrogens is 2. The zero-order chi connectivity index (χ0) is 13.8. The predicted molar refractivity (Wildman–Crippen MR) is 75.5 cm³/mol. The van der Waals surface area contributed by atoms with E-state index in [0.717, 1.165) is 29.6 Å². The standard InChI is InChI=1S/C13H23BrN2O2/c1-5-8-16-11(10(14)9-15-16)12(17)13(4,6-2)18-7-3/h9,12,17H,5-8H2,1-4H3. The number of hydrogen-bond acceptors (Lipinski definition) is 3. The zero-order valence-electron chi connectivity index (χ0n) is 11.6. The molecule has 0 aliphatic carbocycles. The number of rotatable bonds is 7. The first kappa shape index (κ1) is 15.7. The largest absolute Gasteiger partial charge is 0.384 e. The average Bonchev–Trinajstić information content (AvgIpc) is 2.70. The highest BCUT2D eigenvalue weighted by Crippen LogP contribution is 2.35. The summed E-state index contributed by atoms with van der Waals surface area (Å²) in [5, 5.41) is 14.9. The number of hydrogen-bond donors (Lipinski definition) is 1. The Morgan fingerprint density at radius 2 is 2.17 bits per heavy atom. The molecule has 2 unspecified atom stereocenters. The van der Waals surface area contributed by atoms with Crippen molar-refractivity contribution in [3.05, 3.63) is 16.4 Å². The number of halogens is 1. The Kier molecular flexibility index (Phi) is 5.82. The molecule has 5 heteroatoms. The van der Waals surface area contributed by atoms with E-state index in [1.807, 2.05) is 25.5 Å². The lowest BCUT2D eigenvalue weighted by molar-refractivity contribution is -0.116. The van der Waals surface area contributed by atoms with E-state index < -0.39 is 11.7 Å². The lowest BCUT2D eigenvalue weighted by atomic mass is 9.93. The van der Waals surface area contributed by atoms with Crippen LogP contribution in [0.4, 0.5) is 0 Å². The van der Waals surface area contributed by atoms with Crippen molar-refractivity contribution < 1.29 is 9.84 Å². The Labute approximate surface area is 117 Å². The van der Waals surface area contributed by atoms with Crippen molar-refractivity contribution in [3.8, 4) is 0 Å². The third-order valence-electron chi connectivity index (χ3n) is 3.28. The second-order valence-electron chi connectivity index (χ2n) is 4.60. The van der Waals surface area contributed by atoms with Crippen LogP contribution in [0, 0.1) is 0 Å². The smallest absolute Gasteiger partial charge is 0.125 e. The first-order valence-electron chi connectivity index (χ1n) is 6.53. The van der Waals surface area contributed by atoms with E-state index in [0.29, 0.717) is 6.61 Å². The van der Waals surface area contributed by atoms with Crippen molar-refractivity contribution in [1.29, 1.82) is 0 Å². The second kappa shape index (κ2) is 6.68. The molecular weight excluding hydrogens is 296 g/mol. The Hall–Kier alpha value is -0.390. The van der Waals surface area contributed by atoms with Crippen LogP contribution in [-0.2, 0) is 11.3 Å². The van der Waals surface area contributed by atoms with Crippen LogP contribution >= 0.6 is 15.9 Å². The van der Waals surface area contributed by atoms with Gasteiger partial charge in [-0.2, -0.15) is 5.10 Å². The summed E-state index contributed by atoms with van der Waals surface area (Å²) < 4.78 is 8.43. The van der Waals surface area contributed by atoms with Crippen LogP contribution in [0.5, 0.6) is 0 Å². The number of aliphatic hydroxyl groups is 1. The molecule has 2 atom stereocenters. The van der Waals surface area contributed by atoms with Gasteiger partial charge in [0.25, 0.3) is 0 Å². The molecule has 1 rings (SSSR count). The van der Waals surface area contributed by atoms with Gasteiger partial charge in [0, 0.05) is 13.2 Å². The van der Waals surface area contributed by atoms with Crippen molar-refractivity contribution in [2.24, 2.45) is 0 Å². The van der Waals surface area contributed by atoms with E-state index in [2.05, 4.69) is 28.0 Å². The Balaban J connectivity index is 3.07. The van der Waals surface area contributed by atoms with Gasteiger partial charge in [-0.05, 0) is 42.6 Å². The van der Waals surface area contributed by atoms with Crippen molar-refractivity contribution in [2.45, 2.75) is 58.8 Å². The molecule has 1 heterocycles. The normalized spacial score (nSPS) is 16.6. The van der Waals surface area contributed by atoms with Gasteiger partial charge in [-0.25, -0.2) is 0 Å². The molecule has 0 fully saturated rings. The molecule has 0 saturated heterocycles. The summed E-state index contributed by atoms with van der Waals surface area (Å²) in [6, 6.07) is 0. The average molecular weight is 319 g/mol. The van der Waals surface area contributed by atoms with E-state index in [9.17, 15) is 5.11 Å². The molecule has 4 nitrogen and oxygen atoms in total. The number of ether oxygens (including phenoxy) is 1. The molecule has 0 spiro atoms. The van der Waals surface area contributed by atoms with Gasteiger partial charge in [0.15, 0.2) is 0 Å². The fraction of sp³-hybridized carbons (Fsp3) is 0.769. The summed E-state index contributed by atoms with van der Waals surface area (Å²) in [6.45, 7) is 9.38. The van der Waals surface area contributed by atoms with Gasteiger partial charge in [0.05, 0.1) is 22.0 Å². The summed E-state index contributed by atoms with van der Waals surface area (Å²) in [4.78, 5) is 0. The molecule has 0 amide bonds. The molecule has 1 N–H and O–H groups in total. The highest BCUT2D eigenvalue weighted by atomic mass is 79.9. The molecule has 104 valence electrons. The minimum absolute atomic E-state index is 0.581. The molecule has 1 aromatic heterocycles. The summed E-state index contributed by atoms with van der Waals surface area (Å²) in [5.41, 5.74) is 0.220. The molecule has 0 bridgehead atoms. The van der Waals surface area contributed by atoms with E-state index >= 15 is 0 Å². The Morgan fingerprint density at radius 3 is 2.67 bits per heavy atom. The highest BCUT2D eigenvalue weighted by Gasteiger charge is 2.36. The third kappa shape index (κ3) is 3.13. The van der Waals surface area contributed by atoms with Crippen LogP contribution in [0.1, 0.15) is 52.3 Å². The van der Waals surface area contributed by atoms with Gasteiger partial charge < -0.3 is 9.84 Å². The van der Waals surface area contributed by atoms with Gasteiger partial charge >= 0.3 is 0 Å². The quantitative estimate of drug-likeness (QED) is 0.839. The highest BCUT2D eigenvalue weighted by molar-refractivity contribution is 9.10. The molecule has 0 aromatic carbocycles. The van der Waals surface area contributed by atoms with Gasteiger partial charge in [-0.15, -0.1) is 0 Å².